The second kappa shape index (κ2) is 8.50. The fraction of sp³-hybridized carbons (Fsp3) is 0.600. The average Bonchev–Trinajstić information content (AvgIpc) is 2.09. The van der Waals surface area contributed by atoms with Crippen molar-refractivity contribution in [1.29, 1.82) is 0 Å². The molecule has 0 heterocycles. The van der Waals surface area contributed by atoms with Crippen molar-refractivity contribution in [3.63, 3.8) is 0 Å². The summed E-state index contributed by atoms with van der Waals surface area (Å²) >= 11 is 0. The smallest absolute Gasteiger partial charge is 0.0226 e. The molecule has 1 atom stereocenters. The van der Waals surface area contributed by atoms with Crippen LogP contribution in [0.5, 0.6) is 0 Å². The van der Waals surface area contributed by atoms with Gasteiger partial charge in [0.2, 0.25) is 0 Å². The van der Waals surface area contributed by atoms with Crippen LogP contribution in [0.25, 0.3) is 0 Å². The minimum absolute atomic E-state index is 0.181. The van der Waals surface area contributed by atoms with E-state index in [9.17, 15) is 0 Å². The summed E-state index contributed by atoms with van der Waals surface area (Å²) in [5.74, 6) is 0. The molecular formula is C10H20N2. The zero-order valence-corrected chi connectivity index (χ0v) is 7.71. The van der Waals surface area contributed by atoms with Crippen LogP contribution in [0.3, 0.4) is 0 Å². The van der Waals surface area contributed by atoms with E-state index in [2.05, 4.69) is 6.58 Å². The van der Waals surface area contributed by atoms with Crippen LogP contribution in [0.4, 0.5) is 0 Å². The van der Waals surface area contributed by atoms with Gasteiger partial charge in [0.05, 0.1) is 0 Å². The van der Waals surface area contributed by atoms with Gasteiger partial charge in [-0.1, -0.05) is 37.6 Å². The number of allylic oxidation sites excluding steroid dienone is 2. The Bertz CT molecular complexity index is 130. The molecule has 2 nitrogen and oxygen atoms in total. The summed E-state index contributed by atoms with van der Waals surface area (Å²) in [4.78, 5) is 0. The number of nitrogens with two attached hydrogens (primary N) is 2. The normalized spacial score (nSPS) is 13.5. The van der Waals surface area contributed by atoms with Gasteiger partial charge in [0.15, 0.2) is 0 Å². The van der Waals surface area contributed by atoms with Gasteiger partial charge in [-0.3, -0.25) is 0 Å². The topological polar surface area (TPSA) is 52.0 Å². The molecule has 0 fully saturated rings. The lowest BCUT2D eigenvalue weighted by Gasteiger charge is -2.04. The van der Waals surface area contributed by atoms with Crippen LogP contribution in [0.15, 0.2) is 24.8 Å². The van der Waals surface area contributed by atoms with Crippen molar-refractivity contribution < 1.29 is 0 Å². The molecule has 0 aliphatic carbocycles. The lowest BCUT2D eigenvalue weighted by molar-refractivity contribution is 0.610. The molecule has 0 spiro atoms. The SMILES string of the molecule is C=CC=CC(N)CCCCCN. The summed E-state index contributed by atoms with van der Waals surface area (Å²) in [6, 6.07) is 0.181. The molecule has 0 radical (unpaired) electrons. The van der Waals surface area contributed by atoms with Crippen molar-refractivity contribution >= 4 is 0 Å². The quantitative estimate of drug-likeness (QED) is 0.448. The van der Waals surface area contributed by atoms with Crippen molar-refractivity contribution in [3.8, 4) is 0 Å². The highest BCUT2D eigenvalue weighted by atomic mass is 14.6. The van der Waals surface area contributed by atoms with Gasteiger partial charge in [-0.15, -0.1) is 0 Å². The van der Waals surface area contributed by atoms with E-state index in [1.807, 2.05) is 12.2 Å². The molecule has 70 valence electrons. The summed E-state index contributed by atoms with van der Waals surface area (Å²) in [7, 11) is 0. The van der Waals surface area contributed by atoms with Crippen molar-refractivity contribution in [2.75, 3.05) is 6.54 Å². The van der Waals surface area contributed by atoms with E-state index in [4.69, 9.17) is 11.5 Å². The fourth-order valence-corrected chi connectivity index (χ4v) is 1.02. The van der Waals surface area contributed by atoms with Crippen LogP contribution in [0.1, 0.15) is 25.7 Å². The second-order valence-electron chi connectivity index (χ2n) is 2.92. The number of unbranched alkanes of at least 4 members (excludes halogenated alkanes) is 2. The molecule has 0 saturated carbocycles. The number of hydrogen-bond acceptors (Lipinski definition) is 2. The van der Waals surface area contributed by atoms with Crippen LogP contribution in [0, 0.1) is 0 Å². The Hall–Kier alpha value is -0.600. The molecular weight excluding hydrogens is 148 g/mol. The van der Waals surface area contributed by atoms with Gasteiger partial charge >= 0.3 is 0 Å². The van der Waals surface area contributed by atoms with E-state index in [-0.39, 0.29) is 6.04 Å². The maximum atomic E-state index is 5.78. The zero-order chi connectivity index (χ0) is 9.23. The van der Waals surface area contributed by atoms with E-state index in [1.165, 1.54) is 12.8 Å². The Morgan fingerprint density at radius 3 is 2.58 bits per heavy atom. The van der Waals surface area contributed by atoms with Crippen LogP contribution in [0.2, 0.25) is 0 Å². The van der Waals surface area contributed by atoms with E-state index in [1.54, 1.807) is 6.08 Å². The molecule has 2 heteroatoms. The lowest BCUT2D eigenvalue weighted by Crippen LogP contribution is -2.16. The summed E-state index contributed by atoms with van der Waals surface area (Å²) in [6.45, 7) is 4.37. The first-order chi connectivity index (χ1) is 5.81. The molecule has 0 amide bonds. The minimum Gasteiger partial charge on any atom is -0.330 e. The van der Waals surface area contributed by atoms with E-state index in [0.717, 1.165) is 19.4 Å². The van der Waals surface area contributed by atoms with Crippen LogP contribution in [-0.2, 0) is 0 Å². The summed E-state index contributed by atoms with van der Waals surface area (Å²) in [6.07, 6.45) is 10.1. The molecule has 0 rings (SSSR count). The molecule has 0 aliphatic heterocycles. The van der Waals surface area contributed by atoms with E-state index >= 15 is 0 Å². The number of rotatable bonds is 7. The second-order valence-corrected chi connectivity index (χ2v) is 2.92. The van der Waals surface area contributed by atoms with E-state index in [0.29, 0.717) is 0 Å². The van der Waals surface area contributed by atoms with Crippen LogP contribution in [-0.4, -0.2) is 12.6 Å². The van der Waals surface area contributed by atoms with E-state index < -0.39 is 0 Å². The Morgan fingerprint density at radius 2 is 2.00 bits per heavy atom. The van der Waals surface area contributed by atoms with Crippen molar-refractivity contribution in [1.82, 2.24) is 0 Å². The molecule has 0 bridgehead atoms. The highest BCUT2D eigenvalue weighted by molar-refractivity contribution is 5.01. The van der Waals surface area contributed by atoms with Gasteiger partial charge in [0.25, 0.3) is 0 Å². The summed E-state index contributed by atoms with van der Waals surface area (Å²) in [5, 5.41) is 0. The fourth-order valence-electron chi connectivity index (χ4n) is 1.02. The molecule has 0 aliphatic rings. The standard InChI is InChI=1S/C10H20N2/c1-2-3-7-10(12)8-5-4-6-9-11/h2-3,7,10H,1,4-6,8-9,11-12H2. The highest BCUT2D eigenvalue weighted by Crippen LogP contribution is 2.02. The van der Waals surface area contributed by atoms with Crippen molar-refractivity contribution in [2.24, 2.45) is 11.5 Å². The average molecular weight is 168 g/mol. The van der Waals surface area contributed by atoms with Crippen molar-refractivity contribution in [3.05, 3.63) is 24.8 Å². The molecule has 1 unspecified atom stereocenters. The Kier molecular flexibility index (Phi) is 8.07. The van der Waals surface area contributed by atoms with Gasteiger partial charge in [0.1, 0.15) is 0 Å². The van der Waals surface area contributed by atoms with Gasteiger partial charge in [-0.05, 0) is 19.4 Å². The molecule has 4 N–H and O–H groups in total. The third-order valence-electron chi connectivity index (χ3n) is 1.74. The van der Waals surface area contributed by atoms with Gasteiger partial charge in [-0.25, -0.2) is 0 Å². The highest BCUT2D eigenvalue weighted by Gasteiger charge is 1.95. The zero-order valence-electron chi connectivity index (χ0n) is 7.71. The largest absolute Gasteiger partial charge is 0.330 e. The first-order valence-corrected chi connectivity index (χ1v) is 4.56. The summed E-state index contributed by atoms with van der Waals surface area (Å²) < 4.78 is 0. The predicted molar refractivity (Wildman–Crippen MR) is 54.8 cm³/mol. The van der Waals surface area contributed by atoms with Crippen LogP contribution < -0.4 is 11.5 Å². The number of hydrogen-bond donors (Lipinski definition) is 2. The first-order valence-electron chi connectivity index (χ1n) is 4.56. The molecule has 0 aromatic rings. The van der Waals surface area contributed by atoms with Crippen molar-refractivity contribution in [2.45, 2.75) is 31.7 Å². The molecule has 12 heavy (non-hydrogen) atoms. The molecule has 0 saturated heterocycles. The molecule has 0 aromatic carbocycles. The molecule has 0 aromatic heterocycles. The van der Waals surface area contributed by atoms with Gasteiger partial charge in [0, 0.05) is 6.04 Å². The van der Waals surface area contributed by atoms with Crippen LogP contribution >= 0.6 is 0 Å². The minimum atomic E-state index is 0.181. The Morgan fingerprint density at radius 1 is 1.25 bits per heavy atom. The third kappa shape index (κ3) is 7.51. The third-order valence-corrected chi connectivity index (χ3v) is 1.74. The lowest BCUT2D eigenvalue weighted by atomic mass is 10.1. The summed E-state index contributed by atoms with van der Waals surface area (Å²) in [5.41, 5.74) is 11.1. The van der Waals surface area contributed by atoms with Gasteiger partial charge < -0.3 is 11.5 Å². The maximum Gasteiger partial charge on any atom is 0.0226 e. The first kappa shape index (κ1) is 11.4. The van der Waals surface area contributed by atoms with Gasteiger partial charge in [-0.2, -0.15) is 0 Å². The maximum absolute atomic E-state index is 5.78. The Balaban J connectivity index is 3.24. The monoisotopic (exact) mass is 168 g/mol. The predicted octanol–water partition coefficient (Wildman–Crippen LogP) is 1.57. The Labute approximate surface area is 75.3 Å².